The summed E-state index contributed by atoms with van der Waals surface area (Å²) in [5.41, 5.74) is 5.17. The van der Waals surface area contributed by atoms with Crippen LogP contribution in [0.25, 0.3) is 0 Å². The molecule has 0 aromatic heterocycles. The molecule has 8 heteroatoms. The Labute approximate surface area is 128 Å². The quantitative estimate of drug-likeness (QED) is 0.855. The molecule has 0 radical (unpaired) electrons. The topological polar surface area (TPSA) is 72.6 Å². The van der Waals surface area contributed by atoms with E-state index in [1.165, 1.54) is 13.1 Å². The Kier molecular flexibility index (Phi) is 5.08. The molecule has 21 heavy (non-hydrogen) atoms. The van der Waals surface area contributed by atoms with Crippen LogP contribution in [0.3, 0.4) is 0 Å². The molecule has 1 aliphatic heterocycles. The van der Waals surface area contributed by atoms with Gasteiger partial charge in [-0.05, 0) is 30.9 Å². The Morgan fingerprint density at radius 2 is 2.05 bits per heavy atom. The van der Waals surface area contributed by atoms with E-state index in [4.69, 9.17) is 22.1 Å². The molecule has 1 aliphatic rings. The lowest BCUT2D eigenvalue weighted by Gasteiger charge is -2.27. The summed E-state index contributed by atoms with van der Waals surface area (Å²) in [6.45, 7) is 1.56. The first kappa shape index (κ1) is 16.5. The summed E-state index contributed by atoms with van der Waals surface area (Å²) in [5, 5.41) is 0.0898. The van der Waals surface area contributed by atoms with Crippen LogP contribution in [0.2, 0.25) is 5.02 Å². The van der Waals surface area contributed by atoms with Crippen molar-refractivity contribution >= 4 is 27.3 Å². The molecule has 0 spiro atoms. The maximum atomic E-state index is 14.0. The molecule has 1 heterocycles. The number of hydrogen-bond acceptors (Lipinski definition) is 4. The second-order valence-corrected chi connectivity index (χ2v) is 7.60. The fraction of sp³-hybridized carbons (Fsp3) is 0.538. The summed E-state index contributed by atoms with van der Waals surface area (Å²) >= 11 is 5.78. The SMILES string of the molecule is CN(CC1CCOCC1)S(=O)(=O)c1cc(Cl)cc(N)c1F. The molecule has 2 N–H and O–H groups in total. The largest absolute Gasteiger partial charge is 0.396 e. The van der Waals surface area contributed by atoms with Crippen molar-refractivity contribution in [3.8, 4) is 0 Å². The second kappa shape index (κ2) is 6.48. The van der Waals surface area contributed by atoms with Gasteiger partial charge in [0.05, 0.1) is 5.69 Å². The molecular formula is C13H18ClFN2O3S. The molecule has 1 fully saturated rings. The zero-order valence-electron chi connectivity index (χ0n) is 11.7. The zero-order valence-corrected chi connectivity index (χ0v) is 13.3. The fourth-order valence-electron chi connectivity index (χ4n) is 2.33. The van der Waals surface area contributed by atoms with Gasteiger partial charge in [-0.3, -0.25) is 0 Å². The highest BCUT2D eigenvalue weighted by atomic mass is 35.5. The van der Waals surface area contributed by atoms with Gasteiger partial charge in [-0.15, -0.1) is 0 Å². The Morgan fingerprint density at radius 3 is 2.67 bits per heavy atom. The van der Waals surface area contributed by atoms with Crippen molar-refractivity contribution in [3.05, 3.63) is 23.0 Å². The van der Waals surface area contributed by atoms with Gasteiger partial charge >= 0.3 is 0 Å². The highest BCUT2D eigenvalue weighted by Crippen LogP contribution is 2.28. The Balaban J connectivity index is 2.24. The molecule has 0 bridgehead atoms. The number of nitrogen functional groups attached to an aromatic ring is 1. The van der Waals surface area contributed by atoms with Crippen LogP contribution in [0.15, 0.2) is 17.0 Å². The van der Waals surface area contributed by atoms with Gasteiger partial charge in [-0.1, -0.05) is 11.6 Å². The van der Waals surface area contributed by atoms with Crippen molar-refractivity contribution in [2.24, 2.45) is 5.92 Å². The first-order chi connectivity index (χ1) is 9.82. The smallest absolute Gasteiger partial charge is 0.245 e. The molecule has 118 valence electrons. The minimum Gasteiger partial charge on any atom is -0.396 e. The Bertz CT molecular complexity index is 618. The zero-order chi connectivity index (χ0) is 15.6. The van der Waals surface area contributed by atoms with Crippen molar-refractivity contribution in [2.75, 3.05) is 32.5 Å². The van der Waals surface area contributed by atoms with Crippen molar-refractivity contribution in [1.82, 2.24) is 4.31 Å². The number of sulfonamides is 1. The summed E-state index contributed by atoms with van der Waals surface area (Å²) in [5.74, 6) is -0.753. The number of nitrogens with zero attached hydrogens (tertiary/aromatic N) is 1. The van der Waals surface area contributed by atoms with Gasteiger partial charge in [-0.2, -0.15) is 0 Å². The maximum absolute atomic E-state index is 14.0. The molecule has 1 saturated heterocycles. The van der Waals surface area contributed by atoms with E-state index in [1.54, 1.807) is 0 Å². The van der Waals surface area contributed by atoms with Crippen LogP contribution in [0, 0.1) is 11.7 Å². The first-order valence-electron chi connectivity index (χ1n) is 6.61. The molecule has 5 nitrogen and oxygen atoms in total. The summed E-state index contributed by atoms with van der Waals surface area (Å²) < 4.78 is 45.3. The lowest BCUT2D eigenvalue weighted by molar-refractivity contribution is 0.0620. The van der Waals surface area contributed by atoms with Crippen LogP contribution >= 0.6 is 11.6 Å². The molecular weight excluding hydrogens is 319 g/mol. The maximum Gasteiger partial charge on any atom is 0.245 e. The van der Waals surface area contributed by atoms with Gasteiger partial charge < -0.3 is 10.5 Å². The predicted molar refractivity (Wildman–Crippen MR) is 79.2 cm³/mol. The summed E-state index contributed by atoms with van der Waals surface area (Å²) in [6.07, 6.45) is 1.58. The third-order valence-corrected chi connectivity index (χ3v) is 5.62. The molecule has 0 amide bonds. The molecule has 2 rings (SSSR count). The number of halogens is 2. The predicted octanol–water partition coefficient (Wildman–Crippen LogP) is 2.11. The van der Waals surface area contributed by atoms with Crippen LogP contribution in [0.1, 0.15) is 12.8 Å². The third kappa shape index (κ3) is 3.66. The van der Waals surface area contributed by atoms with E-state index in [1.807, 2.05) is 0 Å². The monoisotopic (exact) mass is 336 g/mol. The second-order valence-electron chi connectivity index (χ2n) is 5.15. The molecule has 0 unspecified atom stereocenters. The van der Waals surface area contributed by atoms with E-state index in [-0.39, 0.29) is 16.6 Å². The third-order valence-electron chi connectivity index (χ3n) is 3.58. The highest BCUT2D eigenvalue weighted by molar-refractivity contribution is 7.89. The van der Waals surface area contributed by atoms with Crippen LogP contribution in [0.5, 0.6) is 0 Å². The normalized spacial score (nSPS) is 17.3. The lowest BCUT2D eigenvalue weighted by Crippen LogP contribution is -2.34. The van der Waals surface area contributed by atoms with E-state index >= 15 is 0 Å². The van der Waals surface area contributed by atoms with Gasteiger partial charge in [0.2, 0.25) is 10.0 Å². The molecule has 0 saturated carbocycles. The number of anilines is 1. The van der Waals surface area contributed by atoms with E-state index in [2.05, 4.69) is 0 Å². The minimum atomic E-state index is -3.96. The average Bonchev–Trinajstić information content (AvgIpc) is 2.43. The molecule has 1 aromatic rings. The van der Waals surface area contributed by atoms with Crippen LogP contribution in [-0.2, 0) is 14.8 Å². The van der Waals surface area contributed by atoms with E-state index in [9.17, 15) is 12.8 Å². The number of ether oxygens (including phenoxy) is 1. The number of hydrogen-bond donors (Lipinski definition) is 1. The van der Waals surface area contributed by atoms with Crippen LogP contribution in [-0.4, -0.2) is 39.5 Å². The van der Waals surface area contributed by atoms with Gasteiger partial charge in [0.25, 0.3) is 0 Å². The standard InChI is InChI=1S/C13H18ClFN2O3S/c1-17(8-9-2-4-20-5-3-9)21(18,19)12-7-10(14)6-11(16)13(12)15/h6-7,9H,2-5,8,16H2,1H3. The van der Waals surface area contributed by atoms with Crippen LogP contribution < -0.4 is 5.73 Å². The van der Waals surface area contributed by atoms with Crippen molar-refractivity contribution in [2.45, 2.75) is 17.7 Å². The number of benzene rings is 1. The minimum absolute atomic E-state index is 0.0898. The molecule has 0 aliphatic carbocycles. The van der Waals surface area contributed by atoms with Gasteiger partial charge in [0, 0.05) is 31.8 Å². The molecule has 1 aromatic carbocycles. The number of nitrogens with two attached hydrogens (primary N) is 1. The average molecular weight is 337 g/mol. The van der Waals surface area contributed by atoms with Gasteiger partial charge in [-0.25, -0.2) is 17.1 Å². The highest BCUT2D eigenvalue weighted by Gasteiger charge is 2.28. The van der Waals surface area contributed by atoms with Crippen LogP contribution in [0.4, 0.5) is 10.1 Å². The summed E-state index contributed by atoms with van der Waals surface area (Å²) in [4.78, 5) is -0.484. The van der Waals surface area contributed by atoms with E-state index < -0.39 is 20.7 Å². The molecule has 0 atom stereocenters. The van der Waals surface area contributed by atoms with Gasteiger partial charge in [0.15, 0.2) is 5.82 Å². The van der Waals surface area contributed by atoms with Crippen molar-refractivity contribution in [1.29, 1.82) is 0 Å². The van der Waals surface area contributed by atoms with Crippen molar-refractivity contribution < 1.29 is 17.5 Å². The Hall–Kier alpha value is -0.890. The first-order valence-corrected chi connectivity index (χ1v) is 8.42. The summed E-state index contributed by atoms with van der Waals surface area (Å²) in [7, 11) is -2.53. The number of rotatable bonds is 4. The van der Waals surface area contributed by atoms with E-state index in [0.29, 0.717) is 19.8 Å². The fourth-order valence-corrected chi connectivity index (χ4v) is 3.99. The lowest BCUT2D eigenvalue weighted by atomic mass is 10.0. The van der Waals surface area contributed by atoms with Gasteiger partial charge in [0.1, 0.15) is 4.90 Å². The Morgan fingerprint density at radius 1 is 1.43 bits per heavy atom. The summed E-state index contributed by atoms with van der Waals surface area (Å²) in [6, 6.07) is 2.28. The van der Waals surface area contributed by atoms with Crippen molar-refractivity contribution in [3.63, 3.8) is 0 Å². The van der Waals surface area contributed by atoms with E-state index in [0.717, 1.165) is 23.2 Å².